The van der Waals surface area contributed by atoms with Gasteiger partial charge in [0.2, 0.25) is 0 Å². The number of carboxylic acids is 1. The summed E-state index contributed by atoms with van der Waals surface area (Å²) in [5.41, 5.74) is -0.185. The van der Waals surface area contributed by atoms with Crippen LogP contribution >= 0.6 is 11.8 Å². The number of hydrogen-bond acceptors (Lipinski definition) is 3. The molecule has 1 heterocycles. The second-order valence-corrected chi connectivity index (χ2v) is 6.12. The molecule has 0 spiro atoms. The maximum absolute atomic E-state index is 13.5. The van der Waals surface area contributed by atoms with Crippen molar-refractivity contribution in [3.63, 3.8) is 0 Å². The quantitative estimate of drug-likeness (QED) is 0.799. The highest BCUT2D eigenvalue weighted by atomic mass is 32.2. The van der Waals surface area contributed by atoms with Gasteiger partial charge in [-0.15, -0.1) is 0 Å². The SMILES string of the molecule is O=C(NCC1CCSCC1)Nc1ccc(C(=O)O)c(F)c1. The number of urea groups is 1. The molecule has 1 fully saturated rings. The molecule has 0 bridgehead atoms. The van der Waals surface area contributed by atoms with Crippen LogP contribution in [0.3, 0.4) is 0 Å². The van der Waals surface area contributed by atoms with E-state index in [1.54, 1.807) is 0 Å². The lowest BCUT2D eigenvalue weighted by atomic mass is 10.0. The second kappa shape index (κ2) is 7.31. The third-order valence-electron chi connectivity index (χ3n) is 3.35. The van der Waals surface area contributed by atoms with Gasteiger partial charge in [0.15, 0.2) is 0 Å². The minimum Gasteiger partial charge on any atom is -0.478 e. The zero-order chi connectivity index (χ0) is 15.2. The van der Waals surface area contributed by atoms with Crippen molar-refractivity contribution in [3.8, 4) is 0 Å². The van der Waals surface area contributed by atoms with Crippen molar-refractivity contribution in [3.05, 3.63) is 29.6 Å². The number of aromatic carboxylic acids is 1. The van der Waals surface area contributed by atoms with Crippen LogP contribution in [0.25, 0.3) is 0 Å². The molecule has 0 unspecified atom stereocenters. The van der Waals surface area contributed by atoms with Crippen LogP contribution in [-0.4, -0.2) is 35.2 Å². The lowest BCUT2D eigenvalue weighted by Crippen LogP contribution is -2.34. The molecule has 2 rings (SSSR count). The van der Waals surface area contributed by atoms with E-state index in [0.717, 1.165) is 36.5 Å². The van der Waals surface area contributed by atoms with Crippen LogP contribution in [0.15, 0.2) is 18.2 Å². The van der Waals surface area contributed by atoms with Crippen LogP contribution in [0, 0.1) is 11.7 Å². The van der Waals surface area contributed by atoms with Gasteiger partial charge in [-0.2, -0.15) is 11.8 Å². The minimum atomic E-state index is -1.33. The molecule has 0 aromatic heterocycles. The van der Waals surface area contributed by atoms with Crippen molar-refractivity contribution in [2.24, 2.45) is 5.92 Å². The number of hydrogen-bond donors (Lipinski definition) is 3. The normalized spacial score (nSPS) is 15.5. The van der Waals surface area contributed by atoms with Gasteiger partial charge in [-0.05, 0) is 48.5 Å². The number of thioether (sulfide) groups is 1. The van der Waals surface area contributed by atoms with Crippen LogP contribution in [0.5, 0.6) is 0 Å². The maximum Gasteiger partial charge on any atom is 0.338 e. The zero-order valence-corrected chi connectivity index (χ0v) is 12.2. The molecular formula is C14H17FN2O3S. The molecule has 0 saturated carbocycles. The van der Waals surface area contributed by atoms with E-state index in [-0.39, 0.29) is 5.69 Å². The first-order valence-corrected chi connectivity index (χ1v) is 7.87. The van der Waals surface area contributed by atoms with Crippen molar-refractivity contribution in [1.82, 2.24) is 5.32 Å². The lowest BCUT2D eigenvalue weighted by molar-refractivity contribution is 0.0692. The number of carboxylic acid groups (broad SMARTS) is 1. The van der Waals surface area contributed by atoms with Gasteiger partial charge >= 0.3 is 12.0 Å². The van der Waals surface area contributed by atoms with Crippen molar-refractivity contribution < 1.29 is 19.1 Å². The van der Waals surface area contributed by atoms with E-state index in [1.165, 1.54) is 6.07 Å². The first-order chi connectivity index (χ1) is 10.1. The number of halogens is 1. The number of benzene rings is 1. The van der Waals surface area contributed by atoms with Gasteiger partial charge in [-0.25, -0.2) is 14.0 Å². The average molecular weight is 312 g/mol. The third-order valence-corrected chi connectivity index (χ3v) is 4.40. The number of carbonyl (C=O) groups excluding carboxylic acids is 1. The minimum absolute atomic E-state index is 0.231. The van der Waals surface area contributed by atoms with Crippen LogP contribution in [0.2, 0.25) is 0 Å². The first kappa shape index (κ1) is 15.6. The maximum atomic E-state index is 13.5. The van der Waals surface area contributed by atoms with E-state index in [4.69, 9.17) is 5.11 Å². The van der Waals surface area contributed by atoms with Gasteiger partial charge in [0.05, 0.1) is 5.56 Å². The molecule has 21 heavy (non-hydrogen) atoms. The summed E-state index contributed by atoms with van der Waals surface area (Å²) in [7, 11) is 0. The Morgan fingerprint density at radius 3 is 2.67 bits per heavy atom. The molecule has 0 atom stereocenters. The van der Waals surface area contributed by atoms with E-state index in [1.807, 2.05) is 11.8 Å². The molecule has 1 saturated heterocycles. The molecule has 0 radical (unpaired) electrons. The zero-order valence-electron chi connectivity index (χ0n) is 11.4. The van der Waals surface area contributed by atoms with Crippen LogP contribution < -0.4 is 10.6 Å². The number of carbonyl (C=O) groups is 2. The van der Waals surface area contributed by atoms with Gasteiger partial charge in [-0.3, -0.25) is 0 Å². The Kier molecular flexibility index (Phi) is 5.44. The molecule has 7 heteroatoms. The Bertz CT molecular complexity index is 533. The van der Waals surface area contributed by atoms with E-state index in [0.29, 0.717) is 12.5 Å². The molecule has 1 aliphatic rings. The highest BCUT2D eigenvalue weighted by molar-refractivity contribution is 7.99. The fourth-order valence-corrected chi connectivity index (χ4v) is 3.33. The van der Waals surface area contributed by atoms with Crippen molar-refractivity contribution >= 4 is 29.4 Å². The molecule has 2 amide bonds. The topological polar surface area (TPSA) is 78.4 Å². The molecule has 0 aliphatic carbocycles. The fraction of sp³-hybridized carbons (Fsp3) is 0.429. The molecule has 1 aromatic rings. The fourth-order valence-electron chi connectivity index (χ4n) is 2.13. The highest BCUT2D eigenvalue weighted by Crippen LogP contribution is 2.22. The summed E-state index contributed by atoms with van der Waals surface area (Å²) in [6.45, 7) is 0.599. The third kappa shape index (κ3) is 4.63. The Morgan fingerprint density at radius 1 is 1.33 bits per heavy atom. The summed E-state index contributed by atoms with van der Waals surface area (Å²) in [5.74, 6) is 0.525. The molecule has 3 N–H and O–H groups in total. The summed E-state index contributed by atoms with van der Waals surface area (Å²) < 4.78 is 13.5. The molecule has 114 valence electrons. The number of rotatable bonds is 4. The van der Waals surface area contributed by atoms with E-state index in [9.17, 15) is 14.0 Å². The Labute approximate surface area is 126 Å². The standard InChI is InChI=1S/C14H17FN2O3S/c15-12-7-10(1-2-11(12)13(18)19)17-14(20)16-8-9-3-5-21-6-4-9/h1-2,7,9H,3-6,8H2,(H,18,19)(H2,16,17,20). The first-order valence-electron chi connectivity index (χ1n) is 6.71. The van der Waals surface area contributed by atoms with Crippen molar-refractivity contribution in [1.29, 1.82) is 0 Å². The summed E-state index contributed by atoms with van der Waals surface area (Å²) in [6.07, 6.45) is 2.18. The lowest BCUT2D eigenvalue weighted by Gasteiger charge is -2.21. The number of amides is 2. The summed E-state index contributed by atoms with van der Waals surface area (Å²) in [4.78, 5) is 22.4. The second-order valence-electron chi connectivity index (χ2n) is 4.89. The molecule has 5 nitrogen and oxygen atoms in total. The van der Waals surface area contributed by atoms with E-state index in [2.05, 4.69) is 10.6 Å². The van der Waals surface area contributed by atoms with Gasteiger partial charge in [0, 0.05) is 12.2 Å². The largest absolute Gasteiger partial charge is 0.478 e. The Balaban J connectivity index is 1.84. The van der Waals surface area contributed by atoms with Crippen LogP contribution in [0.1, 0.15) is 23.2 Å². The smallest absolute Gasteiger partial charge is 0.338 e. The van der Waals surface area contributed by atoms with Gasteiger partial charge in [0.25, 0.3) is 0 Å². The van der Waals surface area contributed by atoms with Crippen LogP contribution in [0.4, 0.5) is 14.9 Å². The number of anilines is 1. The monoisotopic (exact) mass is 312 g/mol. The Hall–Kier alpha value is -1.76. The van der Waals surface area contributed by atoms with Gasteiger partial charge < -0.3 is 15.7 Å². The summed E-state index contributed by atoms with van der Waals surface area (Å²) in [5, 5.41) is 14.0. The predicted octanol–water partition coefficient (Wildman–Crippen LogP) is 2.79. The highest BCUT2D eigenvalue weighted by Gasteiger charge is 2.15. The van der Waals surface area contributed by atoms with Gasteiger partial charge in [-0.1, -0.05) is 0 Å². The summed E-state index contributed by atoms with van der Waals surface area (Å²) >= 11 is 1.92. The average Bonchev–Trinajstić information content (AvgIpc) is 2.46. The number of nitrogens with one attached hydrogen (secondary N) is 2. The summed E-state index contributed by atoms with van der Waals surface area (Å²) in [6, 6.07) is 3.09. The molecule has 1 aliphatic heterocycles. The Morgan fingerprint density at radius 2 is 2.05 bits per heavy atom. The van der Waals surface area contributed by atoms with Gasteiger partial charge in [0.1, 0.15) is 5.82 Å². The van der Waals surface area contributed by atoms with E-state index < -0.39 is 23.4 Å². The van der Waals surface area contributed by atoms with E-state index >= 15 is 0 Å². The molecule has 1 aromatic carbocycles. The van der Waals surface area contributed by atoms with Crippen LogP contribution in [-0.2, 0) is 0 Å². The molecular weight excluding hydrogens is 295 g/mol. The van der Waals surface area contributed by atoms with Crippen molar-refractivity contribution in [2.45, 2.75) is 12.8 Å². The predicted molar refractivity (Wildman–Crippen MR) is 80.4 cm³/mol. The van der Waals surface area contributed by atoms with Crippen molar-refractivity contribution in [2.75, 3.05) is 23.4 Å².